The fraction of sp³-hybridized carbons (Fsp3) is 0.400. The second-order valence-electron chi connectivity index (χ2n) is 2.74. The quantitative estimate of drug-likeness (QED) is 0.639. The van der Waals surface area contributed by atoms with Crippen LogP contribution in [-0.4, -0.2) is 0 Å². The second kappa shape index (κ2) is 3.65. The molecule has 0 amide bonds. The molecule has 0 radical (unpaired) electrons. The van der Waals surface area contributed by atoms with Crippen molar-refractivity contribution in [1.82, 2.24) is 0 Å². The van der Waals surface area contributed by atoms with Gasteiger partial charge in [0.15, 0.2) is 0 Å². The molecule has 0 atom stereocenters. The van der Waals surface area contributed by atoms with Crippen LogP contribution in [0.15, 0.2) is 12.1 Å². The van der Waals surface area contributed by atoms with Crippen LogP contribution < -0.4 is 0 Å². The first kappa shape index (κ1) is 9.17. The number of hydrogen-bond acceptors (Lipinski definition) is 0. The van der Waals surface area contributed by atoms with E-state index in [0.29, 0.717) is 24.0 Å². The lowest BCUT2D eigenvalue weighted by Crippen LogP contribution is -1.95. The standard InChI is InChI=1S/C10H12F2/c1-3-7-5-10(12)8(4-2)6-9(7)11/h5-6H,3-4H2,1-2H3. The highest BCUT2D eigenvalue weighted by Gasteiger charge is 2.06. The van der Waals surface area contributed by atoms with Crippen LogP contribution in [0, 0.1) is 11.6 Å². The fourth-order valence-corrected chi connectivity index (χ4v) is 1.17. The Morgan fingerprint density at radius 1 is 0.917 bits per heavy atom. The Labute approximate surface area is 71.2 Å². The summed E-state index contributed by atoms with van der Waals surface area (Å²) in [6.45, 7) is 3.62. The Morgan fingerprint density at radius 3 is 1.50 bits per heavy atom. The fourth-order valence-electron chi connectivity index (χ4n) is 1.17. The molecule has 0 heterocycles. The van der Waals surface area contributed by atoms with Crippen LogP contribution in [0.4, 0.5) is 8.78 Å². The van der Waals surface area contributed by atoms with Gasteiger partial charge in [0.25, 0.3) is 0 Å². The Balaban J connectivity index is 3.16. The molecule has 2 heteroatoms. The van der Waals surface area contributed by atoms with Crippen LogP contribution in [0.3, 0.4) is 0 Å². The van der Waals surface area contributed by atoms with Crippen LogP contribution in [0.5, 0.6) is 0 Å². The molecule has 0 aliphatic rings. The van der Waals surface area contributed by atoms with Crippen molar-refractivity contribution in [3.8, 4) is 0 Å². The van der Waals surface area contributed by atoms with E-state index in [1.807, 2.05) is 13.8 Å². The molecule has 66 valence electrons. The van der Waals surface area contributed by atoms with Crippen molar-refractivity contribution in [3.05, 3.63) is 34.9 Å². The third kappa shape index (κ3) is 1.63. The van der Waals surface area contributed by atoms with E-state index < -0.39 is 0 Å². The summed E-state index contributed by atoms with van der Waals surface area (Å²) in [6, 6.07) is 2.57. The number of benzene rings is 1. The Hall–Kier alpha value is -0.920. The molecule has 1 rings (SSSR count). The summed E-state index contributed by atoms with van der Waals surface area (Å²) >= 11 is 0. The van der Waals surface area contributed by atoms with E-state index >= 15 is 0 Å². The van der Waals surface area contributed by atoms with Crippen molar-refractivity contribution in [1.29, 1.82) is 0 Å². The summed E-state index contributed by atoms with van der Waals surface area (Å²) in [7, 11) is 0. The molecule has 0 fully saturated rings. The van der Waals surface area contributed by atoms with Crippen molar-refractivity contribution in [2.24, 2.45) is 0 Å². The maximum absolute atomic E-state index is 13.1. The van der Waals surface area contributed by atoms with Crippen molar-refractivity contribution in [2.45, 2.75) is 26.7 Å². The second-order valence-corrected chi connectivity index (χ2v) is 2.74. The average Bonchev–Trinajstić information content (AvgIpc) is 2.08. The molecule has 1 aromatic carbocycles. The van der Waals surface area contributed by atoms with E-state index in [-0.39, 0.29) is 11.6 Å². The van der Waals surface area contributed by atoms with E-state index in [0.717, 1.165) is 0 Å². The van der Waals surface area contributed by atoms with Crippen molar-refractivity contribution in [3.63, 3.8) is 0 Å². The number of hydrogen-bond donors (Lipinski definition) is 0. The van der Waals surface area contributed by atoms with Gasteiger partial charge in [-0.3, -0.25) is 0 Å². The maximum Gasteiger partial charge on any atom is 0.126 e. The molecule has 0 unspecified atom stereocenters. The van der Waals surface area contributed by atoms with Crippen LogP contribution in [0.1, 0.15) is 25.0 Å². The Kier molecular flexibility index (Phi) is 2.79. The maximum atomic E-state index is 13.1. The summed E-state index contributed by atoms with van der Waals surface area (Å²) in [4.78, 5) is 0. The molecule has 0 N–H and O–H groups in total. The summed E-state index contributed by atoms with van der Waals surface area (Å²) < 4.78 is 26.1. The first-order valence-electron chi connectivity index (χ1n) is 4.15. The molecule has 0 aliphatic carbocycles. The highest BCUT2D eigenvalue weighted by Crippen LogP contribution is 2.15. The van der Waals surface area contributed by atoms with Crippen LogP contribution >= 0.6 is 0 Å². The minimum absolute atomic E-state index is 0.296. The third-order valence-corrected chi connectivity index (χ3v) is 1.98. The minimum Gasteiger partial charge on any atom is -0.207 e. The molecule has 0 nitrogen and oxygen atoms in total. The lowest BCUT2D eigenvalue weighted by atomic mass is 10.1. The molecular formula is C10H12F2. The molecule has 0 saturated heterocycles. The van der Waals surface area contributed by atoms with E-state index in [4.69, 9.17) is 0 Å². The molecule has 1 aromatic rings. The van der Waals surface area contributed by atoms with Gasteiger partial charge in [-0.2, -0.15) is 0 Å². The molecular weight excluding hydrogens is 158 g/mol. The van der Waals surface area contributed by atoms with Gasteiger partial charge in [0.05, 0.1) is 0 Å². The molecule has 0 aliphatic heterocycles. The molecule has 0 saturated carbocycles. The molecule has 0 aromatic heterocycles. The van der Waals surface area contributed by atoms with Gasteiger partial charge in [0.1, 0.15) is 11.6 Å². The van der Waals surface area contributed by atoms with Gasteiger partial charge in [0.2, 0.25) is 0 Å². The highest BCUT2D eigenvalue weighted by atomic mass is 19.1. The van der Waals surface area contributed by atoms with Crippen molar-refractivity contribution >= 4 is 0 Å². The van der Waals surface area contributed by atoms with Gasteiger partial charge in [-0.1, -0.05) is 13.8 Å². The topological polar surface area (TPSA) is 0 Å². The first-order chi connectivity index (χ1) is 5.69. The summed E-state index contributed by atoms with van der Waals surface area (Å²) in [5, 5.41) is 0. The van der Waals surface area contributed by atoms with E-state index in [9.17, 15) is 8.78 Å². The van der Waals surface area contributed by atoms with Crippen LogP contribution in [0.25, 0.3) is 0 Å². The Morgan fingerprint density at radius 2 is 1.25 bits per heavy atom. The predicted molar refractivity (Wildman–Crippen MR) is 45.1 cm³/mol. The van der Waals surface area contributed by atoms with Crippen LogP contribution in [-0.2, 0) is 12.8 Å². The zero-order chi connectivity index (χ0) is 9.14. The van der Waals surface area contributed by atoms with E-state index in [2.05, 4.69) is 0 Å². The van der Waals surface area contributed by atoms with Crippen molar-refractivity contribution in [2.75, 3.05) is 0 Å². The SMILES string of the molecule is CCc1cc(F)c(CC)cc1F. The van der Waals surface area contributed by atoms with Gasteiger partial charge in [-0.15, -0.1) is 0 Å². The third-order valence-electron chi connectivity index (χ3n) is 1.98. The smallest absolute Gasteiger partial charge is 0.126 e. The van der Waals surface area contributed by atoms with Gasteiger partial charge >= 0.3 is 0 Å². The van der Waals surface area contributed by atoms with Gasteiger partial charge in [-0.05, 0) is 36.1 Å². The number of halogens is 2. The zero-order valence-electron chi connectivity index (χ0n) is 7.32. The zero-order valence-corrected chi connectivity index (χ0v) is 7.32. The monoisotopic (exact) mass is 170 g/mol. The molecule has 12 heavy (non-hydrogen) atoms. The van der Waals surface area contributed by atoms with E-state index in [1.165, 1.54) is 12.1 Å². The predicted octanol–water partition coefficient (Wildman–Crippen LogP) is 3.09. The average molecular weight is 170 g/mol. The molecule has 0 bridgehead atoms. The summed E-state index contributed by atoms with van der Waals surface area (Å²) in [6.07, 6.45) is 1.07. The summed E-state index contributed by atoms with van der Waals surface area (Å²) in [5.74, 6) is -0.591. The lowest BCUT2D eigenvalue weighted by molar-refractivity contribution is 0.575. The van der Waals surface area contributed by atoms with Crippen molar-refractivity contribution < 1.29 is 8.78 Å². The number of rotatable bonds is 2. The Bertz CT molecular complexity index is 250. The van der Waals surface area contributed by atoms with Crippen LogP contribution in [0.2, 0.25) is 0 Å². The van der Waals surface area contributed by atoms with E-state index in [1.54, 1.807) is 0 Å². The van der Waals surface area contributed by atoms with Gasteiger partial charge < -0.3 is 0 Å². The minimum atomic E-state index is -0.296. The first-order valence-corrected chi connectivity index (χ1v) is 4.15. The largest absolute Gasteiger partial charge is 0.207 e. The highest BCUT2D eigenvalue weighted by molar-refractivity contribution is 5.26. The van der Waals surface area contributed by atoms with Gasteiger partial charge in [0, 0.05) is 0 Å². The van der Waals surface area contributed by atoms with Gasteiger partial charge in [-0.25, -0.2) is 8.78 Å². The lowest BCUT2D eigenvalue weighted by Gasteiger charge is -2.03. The normalized spacial score (nSPS) is 10.3. The summed E-state index contributed by atoms with van der Waals surface area (Å²) in [5.41, 5.74) is 0.898. The number of aryl methyl sites for hydroxylation is 2. The molecule has 0 spiro atoms.